The molecule has 4 nitrogen and oxygen atoms in total. The molecule has 1 heterocycles. The van der Waals surface area contributed by atoms with E-state index in [9.17, 15) is 31.4 Å². The zero-order chi connectivity index (χ0) is 36.3. The number of aliphatic hydroxyl groups is 1. The van der Waals surface area contributed by atoms with Crippen LogP contribution in [0.25, 0.3) is 5.57 Å². The number of thiophene rings is 1. The van der Waals surface area contributed by atoms with Crippen LogP contribution in [-0.2, 0) is 28.7 Å². The van der Waals surface area contributed by atoms with E-state index < -0.39 is 34.6 Å². The molecular formula is C34H48F6O4SSi2. The first-order valence-corrected chi connectivity index (χ1v) is 22.0. The number of hydrogen-bond donors (Lipinski definition) is 1. The topological polar surface area (TPSA) is 47.9 Å². The van der Waals surface area contributed by atoms with E-state index in [0.717, 1.165) is 28.0 Å². The Morgan fingerprint density at radius 1 is 0.787 bits per heavy atom. The second kappa shape index (κ2) is 14.8. The fraction of sp³-hybridized carbons (Fsp3) is 0.588. The van der Waals surface area contributed by atoms with Crippen LogP contribution in [0.5, 0.6) is 5.75 Å². The zero-order valence-electron chi connectivity index (χ0n) is 29.1. The van der Waals surface area contributed by atoms with Gasteiger partial charge in [0.1, 0.15) is 12.4 Å². The molecule has 2 aromatic rings. The molecule has 0 atom stereocenters. The number of benzene rings is 1. The van der Waals surface area contributed by atoms with Crippen LogP contribution < -0.4 is 4.74 Å². The average Bonchev–Trinajstić information content (AvgIpc) is 3.38. The summed E-state index contributed by atoms with van der Waals surface area (Å²) in [7, 11) is -4.06. The van der Waals surface area contributed by atoms with E-state index in [0.29, 0.717) is 35.8 Å². The summed E-state index contributed by atoms with van der Waals surface area (Å²) in [5, 5.41) is 9.38. The van der Waals surface area contributed by atoms with Crippen molar-refractivity contribution in [2.45, 2.75) is 129 Å². The molecule has 0 radical (unpaired) electrons. The number of alkyl halides is 6. The van der Waals surface area contributed by atoms with Crippen molar-refractivity contribution in [3.63, 3.8) is 0 Å². The van der Waals surface area contributed by atoms with Crippen molar-refractivity contribution in [2.24, 2.45) is 0 Å². The van der Waals surface area contributed by atoms with Gasteiger partial charge in [0.25, 0.3) is 0 Å². The van der Waals surface area contributed by atoms with E-state index in [2.05, 4.69) is 67.7 Å². The maximum atomic E-state index is 13.0. The second-order valence-electron chi connectivity index (χ2n) is 14.6. The monoisotopic (exact) mass is 722 g/mol. The SMILES string of the molecule is CC/C(=C/C#CC(O)(C(F)(F)F)C(F)(F)F)c1ccc(COc2ccc(CO[Si](C)(C)C(C)(C)C)c(CO[Si](C)(C)C(C)(C)C)c2)s1. The Kier molecular flexibility index (Phi) is 12.9. The van der Waals surface area contributed by atoms with Crippen molar-refractivity contribution >= 4 is 33.5 Å². The fourth-order valence-electron chi connectivity index (χ4n) is 3.58. The summed E-state index contributed by atoms with van der Waals surface area (Å²) in [6, 6.07) is 9.32. The number of hydrogen-bond acceptors (Lipinski definition) is 5. The summed E-state index contributed by atoms with van der Waals surface area (Å²) < 4.78 is 97.0. The van der Waals surface area contributed by atoms with Crippen LogP contribution in [0.2, 0.25) is 36.3 Å². The first-order valence-electron chi connectivity index (χ1n) is 15.3. The highest BCUT2D eigenvalue weighted by molar-refractivity contribution is 7.13. The number of halogens is 6. The Hall–Kier alpha value is -2.09. The Morgan fingerprint density at radius 2 is 1.30 bits per heavy atom. The number of allylic oxidation sites excluding steroid dienone is 2. The highest BCUT2D eigenvalue weighted by atomic mass is 32.1. The molecule has 2 rings (SSSR count). The Morgan fingerprint density at radius 3 is 1.77 bits per heavy atom. The molecule has 0 aliphatic carbocycles. The van der Waals surface area contributed by atoms with Gasteiger partial charge in [0.15, 0.2) is 16.6 Å². The second-order valence-corrected chi connectivity index (χ2v) is 25.4. The predicted molar refractivity (Wildman–Crippen MR) is 182 cm³/mol. The minimum atomic E-state index is -6.00. The summed E-state index contributed by atoms with van der Waals surface area (Å²) in [4.78, 5) is 1.41. The number of rotatable bonds is 11. The van der Waals surface area contributed by atoms with Gasteiger partial charge in [-0.15, -0.1) is 11.3 Å². The van der Waals surface area contributed by atoms with E-state index in [1.54, 1.807) is 25.0 Å². The maximum absolute atomic E-state index is 13.0. The summed E-state index contributed by atoms with van der Waals surface area (Å²) in [5.41, 5.74) is -2.69. The van der Waals surface area contributed by atoms with Crippen LogP contribution in [0.4, 0.5) is 26.3 Å². The standard InChI is InChI=1S/C34H48F6O4SSi2/c1-12-24(14-13-19-32(41,33(35,36)37)34(38,39)40)29-18-17-28(45-29)23-42-27-16-15-25(21-43-46(8,9)30(2,3)4)26(20-27)22-44-47(10,11)31(5,6)7/h14-18,20,41H,12,21-23H2,1-11H3/b24-14-. The molecule has 0 aliphatic heterocycles. The van der Waals surface area contributed by atoms with Crippen molar-refractivity contribution in [2.75, 3.05) is 0 Å². The van der Waals surface area contributed by atoms with Crippen LogP contribution in [0.1, 0.15) is 75.8 Å². The van der Waals surface area contributed by atoms with Gasteiger partial charge in [-0.1, -0.05) is 60.5 Å². The molecule has 1 N–H and O–H groups in total. The minimum absolute atomic E-state index is 0.0328. The van der Waals surface area contributed by atoms with E-state index in [1.807, 2.05) is 18.2 Å². The summed E-state index contributed by atoms with van der Waals surface area (Å²) in [6.45, 7) is 24.7. The molecular weight excluding hydrogens is 675 g/mol. The Labute approximate surface area is 281 Å². The lowest BCUT2D eigenvalue weighted by atomic mass is 10.0. The third kappa shape index (κ3) is 10.5. The van der Waals surface area contributed by atoms with Crippen molar-refractivity contribution in [3.05, 3.63) is 57.3 Å². The lowest BCUT2D eigenvalue weighted by molar-refractivity contribution is -0.343. The van der Waals surface area contributed by atoms with Gasteiger partial charge >= 0.3 is 18.0 Å². The zero-order valence-corrected chi connectivity index (χ0v) is 32.0. The Balaban J connectivity index is 2.29. The van der Waals surface area contributed by atoms with Gasteiger partial charge in [0, 0.05) is 9.75 Å². The summed E-state index contributed by atoms with van der Waals surface area (Å²) >= 11 is 1.29. The maximum Gasteiger partial charge on any atom is 0.438 e. The van der Waals surface area contributed by atoms with Crippen LogP contribution in [0.3, 0.4) is 0 Å². The van der Waals surface area contributed by atoms with Gasteiger partial charge < -0.3 is 18.7 Å². The quantitative estimate of drug-likeness (QED) is 0.143. The molecule has 0 saturated carbocycles. The van der Waals surface area contributed by atoms with Crippen molar-refractivity contribution in [1.82, 2.24) is 0 Å². The smallest absolute Gasteiger partial charge is 0.438 e. The molecule has 1 aromatic carbocycles. The first-order chi connectivity index (χ1) is 21.1. The Bertz CT molecular complexity index is 1440. The van der Waals surface area contributed by atoms with Gasteiger partial charge in [-0.05, 0) is 95.6 Å². The average molecular weight is 723 g/mol. The molecule has 47 heavy (non-hydrogen) atoms. The van der Waals surface area contributed by atoms with Crippen LogP contribution in [-0.4, -0.2) is 39.7 Å². The van der Waals surface area contributed by atoms with Crippen molar-refractivity contribution in [3.8, 4) is 17.6 Å². The molecule has 264 valence electrons. The van der Waals surface area contributed by atoms with E-state index in [-0.39, 0.29) is 16.7 Å². The van der Waals surface area contributed by atoms with Crippen molar-refractivity contribution < 1.29 is 45.0 Å². The van der Waals surface area contributed by atoms with Gasteiger partial charge in [-0.3, -0.25) is 0 Å². The van der Waals surface area contributed by atoms with Crippen LogP contribution in [0, 0.1) is 11.8 Å². The molecule has 0 unspecified atom stereocenters. The molecule has 0 amide bonds. The lowest BCUT2D eigenvalue weighted by Crippen LogP contribution is -2.55. The molecule has 0 fully saturated rings. The van der Waals surface area contributed by atoms with E-state index in [1.165, 1.54) is 11.3 Å². The third-order valence-corrected chi connectivity index (χ3v) is 19.1. The van der Waals surface area contributed by atoms with Gasteiger partial charge in [-0.25, -0.2) is 0 Å². The van der Waals surface area contributed by atoms with E-state index in [4.69, 9.17) is 13.6 Å². The predicted octanol–water partition coefficient (Wildman–Crippen LogP) is 11.0. The first kappa shape index (κ1) is 41.1. The highest BCUT2D eigenvalue weighted by Crippen LogP contribution is 2.43. The summed E-state index contributed by atoms with van der Waals surface area (Å²) in [5.74, 6) is 3.38. The number of ether oxygens (including phenoxy) is 1. The van der Waals surface area contributed by atoms with Gasteiger partial charge in [-0.2, -0.15) is 26.3 Å². The molecule has 0 saturated heterocycles. The normalized spacial score (nSPS) is 14.2. The molecule has 0 bridgehead atoms. The lowest BCUT2D eigenvalue weighted by Gasteiger charge is -2.37. The van der Waals surface area contributed by atoms with E-state index >= 15 is 0 Å². The highest BCUT2D eigenvalue weighted by Gasteiger charge is 2.70. The largest absolute Gasteiger partial charge is 0.488 e. The van der Waals surface area contributed by atoms with Crippen molar-refractivity contribution in [1.29, 1.82) is 0 Å². The van der Waals surface area contributed by atoms with Gasteiger partial charge in [0.2, 0.25) is 0 Å². The third-order valence-electron chi connectivity index (χ3n) is 9.03. The molecule has 1 aromatic heterocycles. The van der Waals surface area contributed by atoms with Crippen LogP contribution in [0.15, 0.2) is 36.4 Å². The molecule has 0 aliphatic rings. The minimum Gasteiger partial charge on any atom is -0.488 e. The molecule has 0 spiro atoms. The van der Waals surface area contributed by atoms with Gasteiger partial charge in [0.05, 0.1) is 13.2 Å². The van der Waals surface area contributed by atoms with Crippen LogP contribution >= 0.6 is 11.3 Å². The summed E-state index contributed by atoms with van der Waals surface area (Å²) in [6.07, 6.45) is -10.7. The fourth-order valence-corrected chi connectivity index (χ4v) is 6.48. The molecule has 13 heteroatoms.